The molecule has 4 rings (SSSR count). The lowest BCUT2D eigenvalue weighted by Gasteiger charge is -2.35. The molecule has 2 aromatic carbocycles. The van der Waals surface area contributed by atoms with Gasteiger partial charge in [0.15, 0.2) is 5.17 Å². The lowest BCUT2D eigenvalue weighted by atomic mass is 9.91. The number of alkyl halides is 6. The molecule has 8 nitrogen and oxygen atoms in total. The molecule has 3 amide bonds. The average molecular weight is 608 g/mol. The van der Waals surface area contributed by atoms with E-state index in [9.17, 15) is 45.4 Å². The molecule has 41 heavy (non-hydrogen) atoms. The minimum Gasteiger partial charge on any atom is -0.369 e. The van der Waals surface area contributed by atoms with E-state index in [4.69, 9.17) is 0 Å². The third-order valence-corrected chi connectivity index (χ3v) is 7.42. The van der Waals surface area contributed by atoms with Crippen LogP contribution in [0.5, 0.6) is 0 Å². The number of aliphatic imine (C=N–C) groups is 1. The summed E-state index contributed by atoms with van der Waals surface area (Å²) in [4.78, 5) is 32.3. The fourth-order valence-corrected chi connectivity index (χ4v) is 5.02. The van der Waals surface area contributed by atoms with Gasteiger partial charge in [-0.1, -0.05) is 36.0 Å². The number of benzene rings is 2. The summed E-state index contributed by atoms with van der Waals surface area (Å²) in [5.74, 6) is -0.513. The van der Waals surface area contributed by atoms with Crippen molar-refractivity contribution in [2.75, 3.05) is 43.8 Å². The van der Waals surface area contributed by atoms with Crippen LogP contribution in [0.1, 0.15) is 21.5 Å². The van der Waals surface area contributed by atoms with Crippen LogP contribution in [0.15, 0.2) is 47.5 Å². The summed E-state index contributed by atoms with van der Waals surface area (Å²) in [6.45, 7) is 1.92. The molecule has 0 spiro atoms. The maximum absolute atomic E-state index is 14.6. The molecule has 2 aromatic rings. The second-order valence-corrected chi connectivity index (χ2v) is 10.4. The Morgan fingerprint density at radius 1 is 0.927 bits per heavy atom. The second kappa shape index (κ2) is 11.9. The van der Waals surface area contributed by atoms with Crippen molar-refractivity contribution in [3.05, 3.63) is 65.0 Å². The average Bonchev–Trinajstić information content (AvgIpc) is 3.41. The highest BCUT2D eigenvalue weighted by atomic mass is 32.2. The van der Waals surface area contributed by atoms with Crippen LogP contribution >= 0.6 is 11.8 Å². The van der Waals surface area contributed by atoms with Crippen molar-refractivity contribution >= 4 is 34.6 Å². The summed E-state index contributed by atoms with van der Waals surface area (Å²) in [5, 5.41) is 14.8. The number of urea groups is 1. The Hall–Kier alpha value is -3.37. The van der Waals surface area contributed by atoms with E-state index >= 15 is 0 Å². The molecule has 0 aliphatic carbocycles. The number of hydrogen-bond donors (Lipinski definition) is 3. The van der Waals surface area contributed by atoms with Gasteiger partial charge in [0, 0.05) is 49.6 Å². The number of amidine groups is 1. The van der Waals surface area contributed by atoms with E-state index in [1.807, 2.05) is 4.90 Å². The first kappa shape index (κ1) is 30.6. The number of amides is 3. The standard InChI is InChI=1S/C25H24F7N5O3S/c26-18-13-16(3-6-19(18)34-21(39)35-22-33-7-12-41-22)20(38)37-10-8-36(9-11-37)14-15-1-4-17(5-2-15)23(40,24(27,28)29)25(30,31)32/h1-6,13,40H,7-12,14H2,(H2,33,34,35,39). The van der Waals surface area contributed by atoms with E-state index in [1.165, 1.54) is 28.8 Å². The smallest absolute Gasteiger partial charge is 0.369 e. The maximum atomic E-state index is 14.6. The summed E-state index contributed by atoms with van der Waals surface area (Å²) in [6, 6.07) is 6.32. The van der Waals surface area contributed by atoms with Gasteiger partial charge in [0.05, 0.1) is 12.2 Å². The molecular formula is C25H24F7N5O3S. The van der Waals surface area contributed by atoms with Crippen LogP contribution in [0.3, 0.4) is 0 Å². The SMILES string of the molecule is O=C(NC1=NCCS1)Nc1ccc(C(=O)N2CCN(Cc3ccc(C(O)(C(F)(F)F)C(F)(F)F)cc3)CC2)cc1F. The first-order chi connectivity index (χ1) is 19.2. The van der Waals surface area contributed by atoms with Gasteiger partial charge in [0.2, 0.25) is 0 Å². The summed E-state index contributed by atoms with van der Waals surface area (Å²) >= 11 is 1.36. The van der Waals surface area contributed by atoms with Crippen molar-refractivity contribution in [2.45, 2.75) is 24.5 Å². The van der Waals surface area contributed by atoms with E-state index in [2.05, 4.69) is 15.6 Å². The molecule has 0 unspecified atom stereocenters. The van der Waals surface area contributed by atoms with Gasteiger partial charge in [-0.15, -0.1) is 0 Å². The van der Waals surface area contributed by atoms with Crippen LogP contribution in [-0.4, -0.2) is 82.8 Å². The predicted molar refractivity (Wildman–Crippen MR) is 137 cm³/mol. The molecule has 16 heteroatoms. The van der Waals surface area contributed by atoms with E-state index < -0.39 is 41.3 Å². The lowest BCUT2D eigenvalue weighted by Crippen LogP contribution is -2.53. The number of anilines is 1. The molecular weight excluding hydrogens is 583 g/mol. The first-order valence-corrected chi connectivity index (χ1v) is 13.2. The summed E-state index contributed by atoms with van der Waals surface area (Å²) in [5.41, 5.74) is -5.98. The number of carbonyl (C=O) groups excluding carboxylic acids is 2. The quantitative estimate of drug-likeness (QED) is 0.440. The molecule has 2 aliphatic heterocycles. The van der Waals surface area contributed by atoms with Crippen molar-refractivity contribution in [3.63, 3.8) is 0 Å². The summed E-state index contributed by atoms with van der Waals surface area (Å²) < 4.78 is 93.1. The number of rotatable bonds is 5. The number of hydrogen-bond acceptors (Lipinski definition) is 6. The number of halogens is 7. The highest BCUT2D eigenvalue weighted by Crippen LogP contribution is 2.50. The minimum atomic E-state index is -5.96. The van der Waals surface area contributed by atoms with Gasteiger partial charge in [-0.25, -0.2) is 9.18 Å². The molecule has 0 saturated carbocycles. The highest BCUT2D eigenvalue weighted by molar-refractivity contribution is 8.14. The van der Waals surface area contributed by atoms with Crippen LogP contribution < -0.4 is 10.6 Å². The van der Waals surface area contributed by atoms with Crippen LogP contribution in [0.4, 0.5) is 41.2 Å². The Morgan fingerprint density at radius 3 is 2.10 bits per heavy atom. The van der Waals surface area contributed by atoms with Gasteiger partial charge in [0.1, 0.15) is 5.82 Å². The van der Waals surface area contributed by atoms with Crippen molar-refractivity contribution < 1.29 is 45.4 Å². The molecule has 0 aromatic heterocycles. The van der Waals surface area contributed by atoms with Gasteiger partial charge in [-0.3, -0.25) is 20.0 Å². The molecule has 0 bridgehead atoms. The van der Waals surface area contributed by atoms with Crippen molar-refractivity contribution in [1.29, 1.82) is 0 Å². The van der Waals surface area contributed by atoms with E-state index in [0.29, 0.717) is 42.5 Å². The lowest BCUT2D eigenvalue weighted by molar-refractivity contribution is -0.376. The molecule has 3 N–H and O–H groups in total. The Kier molecular flexibility index (Phi) is 8.84. The Labute approximate surface area is 233 Å². The normalized spacial score (nSPS) is 16.9. The number of aliphatic hydroxyl groups is 1. The largest absolute Gasteiger partial charge is 0.430 e. The summed E-state index contributed by atoms with van der Waals surface area (Å²) in [7, 11) is 0. The van der Waals surface area contributed by atoms with Gasteiger partial charge < -0.3 is 15.3 Å². The highest BCUT2D eigenvalue weighted by Gasteiger charge is 2.71. The van der Waals surface area contributed by atoms with Gasteiger partial charge in [-0.2, -0.15) is 26.3 Å². The molecule has 222 valence electrons. The number of carbonyl (C=O) groups is 2. The Bertz CT molecular complexity index is 1300. The van der Waals surface area contributed by atoms with Crippen LogP contribution in [-0.2, 0) is 12.1 Å². The molecule has 0 radical (unpaired) electrons. The monoisotopic (exact) mass is 607 g/mol. The molecule has 1 fully saturated rings. The molecule has 2 aliphatic rings. The van der Waals surface area contributed by atoms with Gasteiger partial charge in [-0.05, 0) is 23.8 Å². The third-order valence-electron chi connectivity index (χ3n) is 6.53. The Balaban J connectivity index is 1.31. The number of piperazine rings is 1. The van der Waals surface area contributed by atoms with Crippen LogP contribution in [0.2, 0.25) is 0 Å². The molecule has 1 saturated heterocycles. The fraction of sp³-hybridized carbons (Fsp3) is 0.400. The van der Waals surface area contributed by atoms with E-state index in [1.54, 1.807) is 0 Å². The third kappa shape index (κ3) is 6.76. The number of nitrogens with one attached hydrogen (secondary N) is 2. The zero-order valence-corrected chi connectivity index (χ0v) is 22.0. The minimum absolute atomic E-state index is 0.0648. The van der Waals surface area contributed by atoms with Gasteiger partial charge >= 0.3 is 18.4 Å². The number of nitrogens with zero attached hydrogens (tertiary/aromatic N) is 3. The second-order valence-electron chi connectivity index (χ2n) is 9.28. The van der Waals surface area contributed by atoms with E-state index in [0.717, 1.165) is 24.0 Å². The molecule has 0 atom stereocenters. The number of thioether (sulfide) groups is 1. The predicted octanol–water partition coefficient (Wildman–Crippen LogP) is 4.32. The fourth-order valence-electron chi connectivity index (χ4n) is 4.30. The van der Waals surface area contributed by atoms with Crippen LogP contribution in [0.25, 0.3) is 0 Å². The van der Waals surface area contributed by atoms with Crippen molar-refractivity contribution in [3.8, 4) is 0 Å². The maximum Gasteiger partial charge on any atom is 0.430 e. The van der Waals surface area contributed by atoms with Crippen molar-refractivity contribution in [1.82, 2.24) is 15.1 Å². The van der Waals surface area contributed by atoms with Crippen molar-refractivity contribution in [2.24, 2.45) is 4.99 Å². The van der Waals surface area contributed by atoms with E-state index in [-0.39, 0.29) is 30.9 Å². The molecule has 2 heterocycles. The van der Waals surface area contributed by atoms with Gasteiger partial charge in [0.25, 0.3) is 11.5 Å². The zero-order chi connectivity index (χ0) is 30.0. The topological polar surface area (TPSA) is 97.3 Å². The van der Waals surface area contributed by atoms with Crippen LogP contribution in [0, 0.1) is 5.82 Å². The first-order valence-electron chi connectivity index (χ1n) is 12.2. The summed E-state index contributed by atoms with van der Waals surface area (Å²) in [6.07, 6.45) is -11.9. The zero-order valence-electron chi connectivity index (χ0n) is 21.2. The Morgan fingerprint density at radius 2 is 1.56 bits per heavy atom.